The smallest absolute Gasteiger partial charge is 0.220 e. The first-order valence-electron chi connectivity index (χ1n) is 5.01. The number of hydrogen-bond donors (Lipinski definition) is 0. The molecule has 13 heavy (non-hydrogen) atoms. The van der Waals surface area contributed by atoms with E-state index in [1.54, 1.807) is 11.8 Å². The average molecular weight is 181 g/mol. The number of carbonyl (C=O) groups excluding carboxylic acids is 2. The van der Waals surface area contributed by atoms with E-state index in [0.717, 1.165) is 25.8 Å². The normalized spacial score (nSPS) is 27.8. The van der Waals surface area contributed by atoms with Crippen molar-refractivity contribution in [3.05, 3.63) is 0 Å². The Balaban J connectivity index is 1.93. The molecule has 3 heteroatoms. The van der Waals surface area contributed by atoms with Crippen LogP contribution in [0.3, 0.4) is 0 Å². The predicted molar refractivity (Wildman–Crippen MR) is 48.1 cm³/mol. The summed E-state index contributed by atoms with van der Waals surface area (Å²) < 4.78 is 0. The van der Waals surface area contributed by atoms with Crippen LogP contribution in [0.5, 0.6) is 0 Å². The highest BCUT2D eigenvalue weighted by atomic mass is 16.2. The van der Waals surface area contributed by atoms with Gasteiger partial charge < -0.3 is 4.90 Å². The molecule has 1 unspecified atom stereocenters. The van der Waals surface area contributed by atoms with Gasteiger partial charge in [-0.15, -0.1) is 0 Å². The molecule has 0 bridgehead atoms. The molecule has 0 spiro atoms. The Bertz CT molecular complexity index is 245. The lowest BCUT2D eigenvalue weighted by Crippen LogP contribution is -2.56. The number of hydrogen-bond acceptors (Lipinski definition) is 2. The summed E-state index contributed by atoms with van der Waals surface area (Å²) in [5.74, 6) is 0.628. The summed E-state index contributed by atoms with van der Waals surface area (Å²) in [6.07, 6.45) is 4.15. The Morgan fingerprint density at radius 1 is 1.23 bits per heavy atom. The minimum Gasteiger partial charge on any atom is -0.333 e. The number of nitrogens with zero attached hydrogens (tertiary/aromatic N) is 1. The number of rotatable bonds is 2. The van der Waals surface area contributed by atoms with Gasteiger partial charge in [0.15, 0.2) is 5.78 Å². The van der Waals surface area contributed by atoms with Crippen LogP contribution in [0.25, 0.3) is 0 Å². The summed E-state index contributed by atoms with van der Waals surface area (Å²) in [4.78, 5) is 24.5. The van der Waals surface area contributed by atoms with Gasteiger partial charge in [0.05, 0.1) is 6.04 Å². The monoisotopic (exact) mass is 181 g/mol. The summed E-state index contributed by atoms with van der Waals surface area (Å²) in [5.41, 5.74) is 0. The molecule has 0 aromatic heterocycles. The van der Waals surface area contributed by atoms with E-state index in [-0.39, 0.29) is 17.9 Å². The lowest BCUT2D eigenvalue weighted by Gasteiger charge is -2.42. The molecule has 1 saturated carbocycles. The molecule has 1 atom stereocenters. The van der Waals surface area contributed by atoms with Gasteiger partial charge in [-0.2, -0.15) is 0 Å². The second-order valence-corrected chi connectivity index (χ2v) is 4.05. The Morgan fingerprint density at radius 2 is 1.92 bits per heavy atom. The number of amides is 1. The summed E-state index contributed by atoms with van der Waals surface area (Å²) >= 11 is 0. The van der Waals surface area contributed by atoms with E-state index < -0.39 is 0 Å². The number of Topliss-reactive ketones (excluding diaryl/α,β-unsaturated/α-hetero) is 1. The molecular formula is C10H15NO2. The highest BCUT2D eigenvalue weighted by Crippen LogP contribution is 2.32. The molecule has 72 valence electrons. The molecule has 0 aromatic carbocycles. The van der Waals surface area contributed by atoms with Crippen molar-refractivity contribution in [2.75, 3.05) is 6.54 Å². The van der Waals surface area contributed by atoms with Crippen LogP contribution in [0, 0.1) is 5.92 Å². The predicted octanol–water partition coefficient (Wildman–Crippen LogP) is 0.976. The maximum Gasteiger partial charge on any atom is 0.220 e. The van der Waals surface area contributed by atoms with Crippen LogP contribution in [0.2, 0.25) is 0 Å². The summed E-state index contributed by atoms with van der Waals surface area (Å²) in [6, 6.07) is -0.0669. The van der Waals surface area contributed by atoms with Crippen molar-refractivity contribution < 1.29 is 9.59 Å². The van der Waals surface area contributed by atoms with Crippen molar-refractivity contribution in [2.45, 2.75) is 38.6 Å². The highest BCUT2D eigenvalue weighted by molar-refractivity contribution is 5.91. The van der Waals surface area contributed by atoms with Gasteiger partial charge in [-0.25, -0.2) is 0 Å². The molecular weight excluding hydrogens is 166 g/mol. The third kappa shape index (κ3) is 1.36. The zero-order chi connectivity index (χ0) is 9.42. The van der Waals surface area contributed by atoms with Crippen LogP contribution >= 0.6 is 0 Å². The molecule has 1 heterocycles. The SMILES string of the molecule is CC(=O)N1CCC1C(=O)C1CCC1. The Labute approximate surface area is 78.1 Å². The molecule has 0 N–H and O–H groups in total. The maximum absolute atomic E-state index is 11.7. The van der Waals surface area contributed by atoms with Gasteiger partial charge in [0.2, 0.25) is 5.91 Å². The van der Waals surface area contributed by atoms with Crippen LogP contribution < -0.4 is 0 Å². The first kappa shape index (κ1) is 8.73. The average Bonchev–Trinajstić information content (AvgIpc) is 1.76. The summed E-state index contributed by atoms with van der Waals surface area (Å²) in [6.45, 7) is 2.32. The quantitative estimate of drug-likeness (QED) is 0.636. The minimum absolute atomic E-state index is 0.0453. The lowest BCUT2D eigenvalue weighted by atomic mass is 9.77. The van der Waals surface area contributed by atoms with Crippen molar-refractivity contribution in [2.24, 2.45) is 5.92 Å². The van der Waals surface area contributed by atoms with E-state index in [1.807, 2.05) is 0 Å². The molecule has 0 aromatic rings. The molecule has 2 rings (SSSR count). The van der Waals surface area contributed by atoms with Gasteiger partial charge in [-0.05, 0) is 19.3 Å². The standard InChI is InChI=1S/C10H15NO2/c1-7(12)11-6-5-9(11)10(13)8-3-2-4-8/h8-9H,2-6H2,1H3. The van der Waals surface area contributed by atoms with Crippen LogP contribution in [0.1, 0.15) is 32.6 Å². The second kappa shape index (κ2) is 3.13. The van der Waals surface area contributed by atoms with Crippen LogP contribution in [0.4, 0.5) is 0 Å². The zero-order valence-corrected chi connectivity index (χ0v) is 7.95. The summed E-state index contributed by atoms with van der Waals surface area (Å²) in [7, 11) is 0. The van der Waals surface area contributed by atoms with Crippen LogP contribution in [-0.2, 0) is 9.59 Å². The zero-order valence-electron chi connectivity index (χ0n) is 7.95. The van der Waals surface area contributed by atoms with Gasteiger partial charge in [-0.3, -0.25) is 9.59 Å². The maximum atomic E-state index is 11.7. The van der Waals surface area contributed by atoms with E-state index in [9.17, 15) is 9.59 Å². The van der Waals surface area contributed by atoms with Crippen molar-refractivity contribution in [1.29, 1.82) is 0 Å². The highest BCUT2D eigenvalue weighted by Gasteiger charge is 2.40. The molecule has 2 aliphatic rings. The third-order valence-corrected chi connectivity index (χ3v) is 3.26. The number of carbonyl (C=O) groups is 2. The van der Waals surface area contributed by atoms with Crippen molar-refractivity contribution >= 4 is 11.7 Å². The molecule has 1 aliphatic carbocycles. The molecule has 1 aliphatic heterocycles. The van der Waals surface area contributed by atoms with E-state index in [1.165, 1.54) is 6.42 Å². The van der Waals surface area contributed by atoms with E-state index in [0.29, 0.717) is 5.78 Å². The first-order chi connectivity index (χ1) is 6.20. The molecule has 1 saturated heterocycles. The fraction of sp³-hybridized carbons (Fsp3) is 0.800. The third-order valence-electron chi connectivity index (χ3n) is 3.26. The van der Waals surface area contributed by atoms with Crippen molar-refractivity contribution in [1.82, 2.24) is 4.90 Å². The van der Waals surface area contributed by atoms with E-state index in [2.05, 4.69) is 0 Å². The second-order valence-electron chi connectivity index (χ2n) is 4.05. The van der Waals surface area contributed by atoms with Crippen LogP contribution in [-0.4, -0.2) is 29.2 Å². The van der Waals surface area contributed by atoms with Crippen LogP contribution in [0.15, 0.2) is 0 Å². The Hall–Kier alpha value is -0.860. The van der Waals surface area contributed by atoms with Gasteiger partial charge >= 0.3 is 0 Å². The number of ketones is 1. The van der Waals surface area contributed by atoms with Gasteiger partial charge in [0.1, 0.15) is 0 Å². The Morgan fingerprint density at radius 3 is 2.23 bits per heavy atom. The van der Waals surface area contributed by atoms with Gasteiger partial charge in [0, 0.05) is 19.4 Å². The lowest BCUT2D eigenvalue weighted by molar-refractivity contribution is -0.147. The largest absolute Gasteiger partial charge is 0.333 e. The topological polar surface area (TPSA) is 37.4 Å². The Kier molecular flexibility index (Phi) is 2.10. The van der Waals surface area contributed by atoms with Crippen molar-refractivity contribution in [3.8, 4) is 0 Å². The molecule has 0 radical (unpaired) electrons. The van der Waals surface area contributed by atoms with E-state index in [4.69, 9.17) is 0 Å². The fourth-order valence-electron chi connectivity index (χ4n) is 2.02. The van der Waals surface area contributed by atoms with E-state index >= 15 is 0 Å². The van der Waals surface area contributed by atoms with Gasteiger partial charge in [0.25, 0.3) is 0 Å². The molecule has 2 fully saturated rings. The van der Waals surface area contributed by atoms with Gasteiger partial charge in [-0.1, -0.05) is 6.42 Å². The molecule has 1 amide bonds. The number of likely N-dealkylation sites (tertiary alicyclic amines) is 1. The molecule has 3 nitrogen and oxygen atoms in total. The summed E-state index contributed by atoms with van der Waals surface area (Å²) in [5, 5.41) is 0. The fourth-order valence-corrected chi connectivity index (χ4v) is 2.02. The minimum atomic E-state index is -0.0669. The van der Waals surface area contributed by atoms with Crippen molar-refractivity contribution in [3.63, 3.8) is 0 Å². The first-order valence-corrected chi connectivity index (χ1v) is 5.01.